The van der Waals surface area contributed by atoms with Gasteiger partial charge in [0.15, 0.2) is 0 Å². The molecule has 0 saturated carbocycles. The highest BCUT2D eigenvalue weighted by atomic mass is 32.2. The molecule has 1 rings (SSSR count). The highest BCUT2D eigenvalue weighted by Crippen LogP contribution is 2.19. The van der Waals surface area contributed by atoms with E-state index in [1.807, 2.05) is 0 Å². The summed E-state index contributed by atoms with van der Waals surface area (Å²) >= 11 is 0. The molecular formula is C10H12FNO4S. The monoisotopic (exact) mass is 261 g/mol. The fraction of sp³-hybridized carbons (Fsp3) is 0.300. The molecular weight excluding hydrogens is 249 g/mol. The second kappa shape index (κ2) is 4.80. The lowest BCUT2D eigenvalue weighted by atomic mass is 10.2. The number of sulfonamides is 1. The minimum absolute atomic E-state index is 0.0392. The molecule has 94 valence electrons. The minimum Gasteiger partial charge on any atom is -0.465 e. The van der Waals surface area contributed by atoms with Crippen molar-refractivity contribution in [2.24, 2.45) is 0 Å². The van der Waals surface area contributed by atoms with Gasteiger partial charge in [-0.2, -0.15) is 0 Å². The topological polar surface area (TPSA) is 63.7 Å². The standard InChI is InChI=1S/C10H12FNO4S/c1-12(2)17(14,15)9-5-4-7(6-8(9)11)10(13)16-3/h4-6H,1-3H3. The zero-order chi connectivity index (χ0) is 13.2. The third kappa shape index (κ3) is 2.62. The van der Waals surface area contributed by atoms with Crippen molar-refractivity contribution < 1.29 is 22.3 Å². The lowest BCUT2D eigenvalue weighted by Crippen LogP contribution is -2.23. The summed E-state index contributed by atoms with van der Waals surface area (Å²) in [5.41, 5.74) is -0.0392. The average molecular weight is 261 g/mol. The predicted molar refractivity (Wildman–Crippen MR) is 58.6 cm³/mol. The van der Waals surface area contributed by atoms with Gasteiger partial charge in [0.2, 0.25) is 10.0 Å². The Hall–Kier alpha value is -1.47. The molecule has 0 spiro atoms. The Balaban J connectivity index is 3.29. The smallest absolute Gasteiger partial charge is 0.337 e. The molecule has 0 aliphatic rings. The molecule has 0 radical (unpaired) electrons. The van der Waals surface area contributed by atoms with Crippen LogP contribution in [0.2, 0.25) is 0 Å². The molecule has 0 unspecified atom stereocenters. The maximum absolute atomic E-state index is 13.6. The van der Waals surface area contributed by atoms with Crippen LogP contribution in [0.1, 0.15) is 10.4 Å². The molecule has 0 N–H and O–H groups in total. The van der Waals surface area contributed by atoms with Crippen LogP contribution in [0.5, 0.6) is 0 Å². The predicted octanol–water partition coefficient (Wildman–Crippen LogP) is 0.863. The van der Waals surface area contributed by atoms with Gasteiger partial charge in [-0.25, -0.2) is 21.9 Å². The molecule has 7 heteroatoms. The van der Waals surface area contributed by atoms with Gasteiger partial charge in [-0.05, 0) is 18.2 Å². The molecule has 0 atom stereocenters. The number of nitrogens with zero attached hydrogens (tertiary/aromatic N) is 1. The SMILES string of the molecule is COC(=O)c1ccc(S(=O)(=O)N(C)C)c(F)c1. The van der Waals surface area contributed by atoms with E-state index in [0.29, 0.717) is 0 Å². The first-order valence-electron chi connectivity index (χ1n) is 4.61. The van der Waals surface area contributed by atoms with Crippen LogP contribution >= 0.6 is 0 Å². The number of esters is 1. The van der Waals surface area contributed by atoms with E-state index in [-0.39, 0.29) is 5.56 Å². The molecule has 17 heavy (non-hydrogen) atoms. The summed E-state index contributed by atoms with van der Waals surface area (Å²) in [6.45, 7) is 0. The zero-order valence-electron chi connectivity index (χ0n) is 9.60. The van der Waals surface area contributed by atoms with E-state index in [1.165, 1.54) is 20.2 Å². The van der Waals surface area contributed by atoms with Crippen molar-refractivity contribution in [3.63, 3.8) is 0 Å². The molecule has 0 fully saturated rings. The first-order chi connectivity index (χ1) is 7.80. The van der Waals surface area contributed by atoms with Crippen molar-refractivity contribution in [2.75, 3.05) is 21.2 Å². The quantitative estimate of drug-likeness (QED) is 0.757. The van der Waals surface area contributed by atoms with Crippen LogP contribution in [0.15, 0.2) is 23.1 Å². The third-order valence-electron chi connectivity index (χ3n) is 2.11. The second-order valence-corrected chi connectivity index (χ2v) is 5.54. The third-order valence-corrected chi connectivity index (χ3v) is 3.96. The lowest BCUT2D eigenvalue weighted by molar-refractivity contribution is 0.0600. The number of hydrogen-bond acceptors (Lipinski definition) is 4. The van der Waals surface area contributed by atoms with Crippen molar-refractivity contribution in [2.45, 2.75) is 4.90 Å². The van der Waals surface area contributed by atoms with Crippen molar-refractivity contribution in [3.8, 4) is 0 Å². The van der Waals surface area contributed by atoms with E-state index in [4.69, 9.17) is 0 Å². The molecule has 1 aromatic carbocycles. The molecule has 0 amide bonds. The summed E-state index contributed by atoms with van der Waals surface area (Å²) in [6.07, 6.45) is 0. The molecule has 0 aliphatic carbocycles. The lowest BCUT2D eigenvalue weighted by Gasteiger charge is -2.12. The Morgan fingerprint density at radius 2 is 1.94 bits per heavy atom. The highest BCUT2D eigenvalue weighted by Gasteiger charge is 2.22. The van der Waals surface area contributed by atoms with Crippen LogP contribution < -0.4 is 0 Å². The number of hydrogen-bond donors (Lipinski definition) is 0. The number of carbonyl (C=O) groups excluding carboxylic acids is 1. The van der Waals surface area contributed by atoms with Crippen molar-refractivity contribution in [1.82, 2.24) is 4.31 Å². The van der Waals surface area contributed by atoms with Gasteiger partial charge in [0.1, 0.15) is 10.7 Å². The number of rotatable bonds is 3. The van der Waals surface area contributed by atoms with E-state index < -0.39 is 26.7 Å². The Bertz CT molecular complexity index is 539. The number of benzene rings is 1. The van der Waals surface area contributed by atoms with Crippen LogP contribution in [-0.2, 0) is 14.8 Å². The van der Waals surface area contributed by atoms with Crippen LogP contribution in [0.4, 0.5) is 4.39 Å². The summed E-state index contributed by atoms with van der Waals surface area (Å²) < 4.78 is 42.2. The van der Waals surface area contributed by atoms with Gasteiger partial charge < -0.3 is 4.74 Å². The molecule has 0 aliphatic heterocycles. The van der Waals surface area contributed by atoms with Gasteiger partial charge in [0.05, 0.1) is 12.7 Å². The molecule has 0 saturated heterocycles. The Kier molecular flexibility index (Phi) is 3.84. The number of methoxy groups -OCH3 is 1. The first-order valence-corrected chi connectivity index (χ1v) is 6.05. The summed E-state index contributed by atoms with van der Waals surface area (Å²) in [5, 5.41) is 0. The summed E-state index contributed by atoms with van der Waals surface area (Å²) in [5.74, 6) is -1.71. The van der Waals surface area contributed by atoms with Crippen LogP contribution in [0.3, 0.4) is 0 Å². The van der Waals surface area contributed by atoms with E-state index >= 15 is 0 Å². The van der Waals surface area contributed by atoms with Gasteiger partial charge in [0.25, 0.3) is 0 Å². The summed E-state index contributed by atoms with van der Waals surface area (Å²) in [6, 6.07) is 3.07. The maximum atomic E-state index is 13.6. The molecule has 0 heterocycles. The zero-order valence-corrected chi connectivity index (χ0v) is 10.4. The Morgan fingerprint density at radius 3 is 2.35 bits per heavy atom. The van der Waals surface area contributed by atoms with Gasteiger partial charge in [0, 0.05) is 14.1 Å². The number of ether oxygens (including phenoxy) is 1. The minimum atomic E-state index is -3.85. The number of carbonyl (C=O) groups is 1. The van der Waals surface area contributed by atoms with Crippen molar-refractivity contribution in [1.29, 1.82) is 0 Å². The van der Waals surface area contributed by atoms with E-state index in [0.717, 1.165) is 23.5 Å². The molecule has 5 nitrogen and oxygen atoms in total. The van der Waals surface area contributed by atoms with Crippen molar-refractivity contribution in [3.05, 3.63) is 29.6 Å². The van der Waals surface area contributed by atoms with E-state index in [1.54, 1.807) is 0 Å². The van der Waals surface area contributed by atoms with E-state index in [9.17, 15) is 17.6 Å². The Labute approximate surface area is 98.9 Å². The fourth-order valence-electron chi connectivity index (χ4n) is 1.15. The summed E-state index contributed by atoms with van der Waals surface area (Å²) in [4.78, 5) is 10.6. The highest BCUT2D eigenvalue weighted by molar-refractivity contribution is 7.89. The maximum Gasteiger partial charge on any atom is 0.337 e. The van der Waals surface area contributed by atoms with Crippen LogP contribution in [0, 0.1) is 5.82 Å². The van der Waals surface area contributed by atoms with Crippen molar-refractivity contribution >= 4 is 16.0 Å². The summed E-state index contributed by atoms with van der Waals surface area (Å²) in [7, 11) is -0.104. The van der Waals surface area contributed by atoms with Gasteiger partial charge >= 0.3 is 5.97 Å². The normalized spacial score (nSPS) is 11.6. The fourth-order valence-corrected chi connectivity index (χ4v) is 2.09. The van der Waals surface area contributed by atoms with Gasteiger partial charge in [-0.15, -0.1) is 0 Å². The first kappa shape index (κ1) is 13.6. The largest absolute Gasteiger partial charge is 0.465 e. The molecule has 1 aromatic rings. The Morgan fingerprint density at radius 1 is 1.35 bits per heavy atom. The van der Waals surface area contributed by atoms with Gasteiger partial charge in [-0.1, -0.05) is 0 Å². The van der Waals surface area contributed by atoms with E-state index in [2.05, 4.69) is 4.74 Å². The van der Waals surface area contributed by atoms with Gasteiger partial charge in [-0.3, -0.25) is 0 Å². The number of halogens is 1. The van der Waals surface area contributed by atoms with Crippen LogP contribution in [0.25, 0.3) is 0 Å². The molecule has 0 bridgehead atoms. The van der Waals surface area contributed by atoms with Crippen LogP contribution in [-0.4, -0.2) is 39.9 Å². The molecule has 0 aromatic heterocycles. The average Bonchev–Trinajstić information content (AvgIpc) is 2.27. The second-order valence-electron chi connectivity index (χ2n) is 3.42.